The third kappa shape index (κ3) is 3.98. The zero-order valence-corrected chi connectivity index (χ0v) is 11.4. The number of aromatic nitrogens is 1. The van der Waals surface area contributed by atoms with Crippen LogP contribution in [-0.4, -0.2) is 32.0 Å². The molecule has 2 rings (SSSR count). The normalized spacial score (nSPS) is 16.9. The van der Waals surface area contributed by atoms with Crippen molar-refractivity contribution in [2.24, 2.45) is 0 Å². The topological polar surface area (TPSA) is 56.3 Å². The quantitative estimate of drug-likeness (QED) is 0.822. The Balaban J connectivity index is 1.94. The minimum atomic E-state index is -2.97. The first-order chi connectivity index (χ1) is 8.54. The Morgan fingerprint density at radius 3 is 2.78 bits per heavy atom. The number of hydrogen-bond donors (Lipinski definition) is 0. The molecule has 0 amide bonds. The van der Waals surface area contributed by atoms with Crippen LogP contribution in [-0.2, 0) is 9.84 Å². The molecule has 1 saturated carbocycles. The first-order valence-corrected chi connectivity index (χ1v) is 8.37. The van der Waals surface area contributed by atoms with Crippen molar-refractivity contribution in [2.75, 3.05) is 18.6 Å². The Morgan fingerprint density at radius 2 is 2.11 bits per heavy atom. The van der Waals surface area contributed by atoms with Gasteiger partial charge >= 0.3 is 0 Å². The van der Waals surface area contributed by atoms with Crippen LogP contribution in [0.2, 0.25) is 0 Å². The van der Waals surface area contributed by atoms with Gasteiger partial charge in [-0.15, -0.1) is 0 Å². The zero-order chi connectivity index (χ0) is 13.0. The fourth-order valence-corrected chi connectivity index (χ4v) is 2.70. The first-order valence-electron chi connectivity index (χ1n) is 6.31. The molecule has 1 aromatic heterocycles. The van der Waals surface area contributed by atoms with Gasteiger partial charge in [0.15, 0.2) is 9.84 Å². The van der Waals surface area contributed by atoms with Crippen LogP contribution in [0.4, 0.5) is 0 Å². The average Bonchev–Trinajstić information content (AvgIpc) is 2.81. The van der Waals surface area contributed by atoms with E-state index in [0.717, 1.165) is 0 Å². The third-order valence-electron chi connectivity index (χ3n) is 3.29. The molecule has 0 spiro atoms. The summed E-state index contributed by atoms with van der Waals surface area (Å²) in [6, 6.07) is 3.97. The molecule has 0 radical (unpaired) electrons. The molecule has 1 heterocycles. The van der Waals surface area contributed by atoms with Crippen LogP contribution in [0, 0.1) is 0 Å². The highest BCUT2D eigenvalue weighted by Crippen LogP contribution is 2.34. The Labute approximate surface area is 108 Å². The number of ether oxygens (including phenoxy) is 1. The molecule has 0 unspecified atom stereocenters. The van der Waals surface area contributed by atoms with Gasteiger partial charge in [0.25, 0.3) is 0 Å². The lowest BCUT2D eigenvalue weighted by Gasteiger charge is -2.11. The van der Waals surface area contributed by atoms with E-state index in [1.54, 1.807) is 6.20 Å². The molecule has 5 heteroatoms. The van der Waals surface area contributed by atoms with Crippen LogP contribution in [0.1, 0.15) is 37.2 Å². The number of pyridine rings is 1. The predicted octanol–water partition coefficient (Wildman–Crippen LogP) is 2.16. The Hall–Kier alpha value is -1.10. The van der Waals surface area contributed by atoms with Crippen molar-refractivity contribution in [1.82, 2.24) is 4.98 Å². The molecule has 1 fully saturated rings. The van der Waals surface area contributed by atoms with Gasteiger partial charge in [0.05, 0.1) is 5.75 Å². The maximum Gasteiger partial charge on any atom is 0.213 e. The van der Waals surface area contributed by atoms with Gasteiger partial charge in [-0.05, 0) is 30.4 Å². The van der Waals surface area contributed by atoms with Crippen LogP contribution in [0.5, 0.6) is 5.88 Å². The van der Waals surface area contributed by atoms with E-state index in [1.807, 2.05) is 12.1 Å². The fraction of sp³-hybridized carbons (Fsp3) is 0.615. The fourth-order valence-electron chi connectivity index (χ4n) is 2.31. The van der Waals surface area contributed by atoms with E-state index in [2.05, 4.69) is 4.98 Å². The van der Waals surface area contributed by atoms with E-state index >= 15 is 0 Å². The van der Waals surface area contributed by atoms with Crippen LogP contribution in [0.15, 0.2) is 18.3 Å². The monoisotopic (exact) mass is 269 g/mol. The maximum absolute atomic E-state index is 11.0. The van der Waals surface area contributed by atoms with Gasteiger partial charge in [-0.2, -0.15) is 0 Å². The highest BCUT2D eigenvalue weighted by Gasteiger charge is 2.17. The second-order valence-corrected chi connectivity index (χ2v) is 7.15. The van der Waals surface area contributed by atoms with Gasteiger partial charge in [0.2, 0.25) is 5.88 Å². The van der Waals surface area contributed by atoms with Gasteiger partial charge in [0, 0.05) is 18.5 Å². The zero-order valence-electron chi connectivity index (χ0n) is 10.6. The molecule has 0 N–H and O–H groups in total. The van der Waals surface area contributed by atoms with Crippen LogP contribution in [0.25, 0.3) is 0 Å². The molecule has 18 heavy (non-hydrogen) atoms. The smallest absolute Gasteiger partial charge is 0.213 e. The van der Waals surface area contributed by atoms with Crippen molar-refractivity contribution in [3.63, 3.8) is 0 Å². The summed E-state index contributed by atoms with van der Waals surface area (Å²) in [5, 5.41) is 0. The standard InChI is InChI=1S/C13H19NO3S/c1-18(15,16)9-8-17-13-10-12(6-7-14-13)11-4-2-3-5-11/h6-7,10-11H,2-5,8-9H2,1H3. The van der Waals surface area contributed by atoms with E-state index in [4.69, 9.17) is 4.74 Å². The SMILES string of the molecule is CS(=O)(=O)CCOc1cc(C2CCCC2)ccn1. The lowest BCUT2D eigenvalue weighted by molar-refractivity contribution is 0.327. The number of sulfone groups is 1. The molecule has 4 nitrogen and oxygen atoms in total. The van der Waals surface area contributed by atoms with Gasteiger partial charge in [-0.1, -0.05) is 12.8 Å². The van der Waals surface area contributed by atoms with Crippen LogP contribution >= 0.6 is 0 Å². The molecule has 100 valence electrons. The largest absolute Gasteiger partial charge is 0.477 e. The van der Waals surface area contributed by atoms with Crippen molar-refractivity contribution < 1.29 is 13.2 Å². The average molecular weight is 269 g/mol. The van der Waals surface area contributed by atoms with Crippen molar-refractivity contribution >= 4 is 9.84 Å². The summed E-state index contributed by atoms with van der Waals surface area (Å²) in [5.74, 6) is 1.18. The van der Waals surface area contributed by atoms with E-state index in [9.17, 15) is 8.42 Å². The summed E-state index contributed by atoms with van der Waals surface area (Å²) < 4.78 is 27.4. The maximum atomic E-state index is 11.0. The van der Waals surface area contributed by atoms with E-state index < -0.39 is 9.84 Å². The molecule has 1 aromatic rings. The Morgan fingerprint density at radius 1 is 1.39 bits per heavy atom. The van der Waals surface area contributed by atoms with Crippen LogP contribution < -0.4 is 4.74 Å². The lowest BCUT2D eigenvalue weighted by atomic mass is 9.99. The minimum Gasteiger partial charge on any atom is -0.477 e. The van der Waals surface area contributed by atoms with Gasteiger partial charge < -0.3 is 4.74 Å². The van der Waals surface area contributed by atoms with Crippen LogP contribution in [0.3, 0.4) is 0 Å². The third-order valence-corrected chi connectivity index (χ3v) is 4.20. The first kappa shape index (κ1) is 13.3. The number of hydrogen-bond acceptors (Lipinski definition) is 4. The van der Waals surface area contributed by atoms with Gasteiger partial charge in [0.1, 0.15) is 6.61 Å². The minimum absolute atomic E-state index is 0.0301. The summed E-state index contributed by atoms with van der Waals surface area (Å²) in [6.45, 7) is 0.167. The van der Waals surface area contributed by atoms with E-state index in [-0.39, 0.29) is 12.4 Å². The molecule has 0 bridgehead atoms. The molecule has 0 aliphatic heterocycles. The summed E-state index contributed by atoms with van der Waals surface area (Å²) in [4.78, 5) is 4.11. The second-order valence-electron chi connectivity index (χ2n) is 4.89. The second kappa shape index (κ2) is 5.69. The van der Waals surface area contributed by atoms with Crippen molar-refractivity contribution in [2.45, 2.75) is 31.6 Å². The summed E-state index contributed by atoms with van der Waals surface area (Å²) in [7, 11) is -2.97. The molecular formula is C13H19NO3S. The van der Waals surface area contributed by atoms with Gasteiger partial charge in [-0.25, -0.2) is 13.4 Å². The van der Waals surface area contributed by atoms with E-state index in [0.29, 0.717) is 11.8 Å². The predicted molar refractivity (Wildman–Crippen MR) is 70.7 cm³/mol. The highest BCUT2D eigenvalue weighted by molar-refractivity contribution is 7.90. The molecule has 0 aromatic carbocycles. The van der Waals surface area contributed by atoms with Crippen molar-refractivity contribution in [1.29, 1.82) is 0 Å². The summed E-state index contributed by atoms with van der Waals surface area (Å²) in [6.07, 6.45) is 7.98. The Kier molecular flexibility index (Phi) is 4.22. The summed E-state index contributed by atoms with van der Waals surface area (Å²) >= 11 is 0. The molecule has 0 atom stereocenters. The van der Waals surface area contributed by atoms with Crippen molar-refractivity contribution in [3.05, 3.63) is 23.9 Å². The lowest BCUT2D eigenvalue weighted by Crippen LogP contribution is -2.12. The molecule has 1 aliphatic carbocycles. The van der Waals surface area contributed by atoms with E-state index in [1.165, 1.54) is 37.5 Å². The molecule has 1 aliphatic rings. The molecule has 0 saturated heterocycles. The summed E-state index contributed by atoms with van der Waals surface area (Å²) in [5.41, 5.74) is 1.26. The highest BCUT2D eigenvalue weighted by atomic mass is 32.2. The Bertz CT molecular complexity index is 493. The number of nitrogens with zero attached hydrogens (tertiary/aromatic N) is 1. The molecular weight excluding hydrogens is 250 g/mol. The number of rotatable bonds is 5. The van der Waals surface area contributed by atoms with Crippen molar-refractivity contribution in [3.8, 4) is 5.88 Å². The van der Waals surface area contributed by atoms with Gasteiger partial charge in [-0.3, -0.25) is 0 Å².